The Hall–Kier alpha value is -1.39. The van der Waals surface area contributed by atoms with E-state index in [0.717, 1.165) is 15.5 Å². The topological polar surface area (TPSA) is 99.2 Å². The molecule has 1 unspecified atom stereocenters. The summed E-state index contributed by atoms with van der Waals surface area (Å²) in [4.78, 5) is 0. The Labute approximate surface area is 136 Å². The van der Waals surface area contributed by atoms with Crippen LogP contribution >= 0.6 is 0 Å². The number of fused-ring (bicyclic) bond motifs is 1. The number of allylic oxidation sites excluding steroid dienone is 2. The zero-order valence-electron chi connectivity index (χ0n) is 13.7. The van der Waals surface area contributed by atoms with E-state index in [1.54, 1.807) is 20.8 Å². The number of rotatable bonds is 0. The third-order valence-corrected chi connectivity index (χ3v) is 8.05. The van der Waals surface area contributed by atoms with Gasteiger partial charge in [-0.05, 0) is 31.9 Å². The molecule has 10 heteroatoms. The van der Waals surface area contributed by atoms with Crippen molar-refractivity contribution in [2.24, 2.45) is 4.40 Å². The molecule has 0 bridgehead atoms. The van der Waals surface area contributed by atoms with Gasteiger partial charge in [0.15, 0.2) is 0 Å². The molecule has 0 amide bonds. The molecule has 3 rings (SSSR count). The van der Waals surface area contributed by atoms with E-state index in [1.807, 2.05) is 0 Å². The lowest BCUT2D eigenvalue weighted by atomic mass is 9.76. The molecule has 0 saturated heterocycles. The molecule has 0 saturated carbocycles. The predicted molar refractivity (Wildman–Crippen MR) is 87.0 cm³/mol. The van der Waals surface area contributed by atoms with Gasteiger partial charge in [0.05, 0.1) is 11.3 Å². The van der Waals surface area contributed by atoms with Gasteiger partial charge in [-0.25, -0.2) is 0 Å². The van der Waals surface area contributed by atoms with Crippen LogP contribution in [0.1, 0.15) is 33.6 Å². The summed E-state index contributed by atoms with van der Waals surface area (Å²) in [6.07, 6.45) is 0.740. The molecule has 2 heterocycles. The SMILES string of the molecule is CC1=NS(=O)(=O)N(C)C2=C1CC1=C(C)N(C)S(=O)(=O)NC1(C)C2. The summed E-state index contributed by atoms with van der Waals surface area (Å²) in [7, 11) is -4.41. The second kappa shape index (κ2) is 4.58. The van der Waals surface area contributed by atoms with Crippen molar-refractivity contribution in [3.63, 3.8) is 0 Å². The molecule has 0 spiro atoms. The molecule has 1 atom stereocenters. The maximum absolute atomic E-state index is 12.3. The Morgan fingerprint density at radius 3 is 2.35 bits per heavy atom. The molecule has 2 aliphatic heterocycles. The fourth-order valence-corrected chi connectivity index (χ4v) is 5.84. The van der Waals surface area contributed by atoms with Crippen molar-refractivity contribution >= 4 is 26.1 Å². The fourth-order valence-electron chi connectivity index (χ4n) is 3.44. The molecule has 1 N–H and O–H groups in total. The lowest BCUT2D eigenvalue weighted by Crippen LogP contribution is -2.58. The highest BCUT2D eigenvalue weighted by Gasteiger charge is 2.48. The average molecular weight is 360 g/mol. The summed E-state index contributed by atoms with van der Waals surface area (Å²) in [6.45, 7) is 5.24. The first-order valence-corrected chi connectivity index (χ1v) is 9.99. The van der Waals surface area contributed by atoms with Gasteiger partial charge in [-0.1, -0.05) is 0 Å². The third-order valence-electron chi connectivity index (χ3n) is 4.93. The minimum absolute atomic E-state index is 0.269. The van der Waals surface area contributed by atoms with E-state index >= 15 is 0 Å². The van der Waals surface area contributed by atoms with Crippen LogP contribution in [0.15, 0.2) is 26.9 Å². The van der Waals surface area contributed by atoms with Gasteiger partial charge >= 0.3 is 20.4 Å². The highest BCUT2D eigenvalue weighted by molar-refractivity contribution is 7.88. The minimum Gasteiger partial charge on any atom is -0.265 e. The summed E-state index contributed by atoms with van der Waals surface area (Å²) in [5, 5.41) is 0. The number of nitrogens with one attached hydrogen (secondary N) is 1. The second-order valence-corrected chi connectivity index (χ2v) is 9.70. The highest BCUT2D eigenvalue weighted by atomic mass is 32.2. The Balaban J connectivity index is 2.21. The predicted octanol–water partition coefficient (Wildman–Crippen LogP) is 0.498. The van der Waals surface area contributed by atoms with Crippen LogP contribution in [0, 0.1) is 0 Å². The maximum atomic E-state index is 12.3. The van der Waals surface area contributed by atoms with Crippen molar-refractivity contribution in [2.75, 3.05) is 14.1 Å². The first-order chi connectivity index (χ1) is 10.4. The van der Waals surface area contributed by atoms with E-state index < -0.39 is 26.0 Å². The van der Waals surface area contributed by atoms with Crippen molar-refractivity contribution in [3.8, 4) is 0 Å². The molecule has 23 heavy (non-hydrogen) atoms. The molecule has 0 fully saturated rings. The molecule has 8 nitrogen and oxygen atoms in total. The largest absolute Gasteiger partial charge is 0.344 e. The van der Waals surface area contributed by atoms with Gasteiger partial charge in [-0.3, -0.25) is 8.61 Å². The van der Waals surface area contributed by atoms with Crippen molar-refractivity contribution in [2.45, 2.75) is 39.2 Å². The molecule has 0 radical (unpaired) electrons. The summed E-state index contributed by atoms with van der Waals surface area (Å²) in [5.41, 5.74) is 2.69. The monoisotopic (exact) mass is 360 g/mol. The highest BCUT2D eigenvalue weighted by Crippen LogP contribution is 2.45. The number of nitrogens with zero attached hydrogens (tertiary/aromatic N) is 3. The van der Waals surface area contributed by atoms with Crippen LogP contribution in [-0.4, -0.2) is 50.8 Å². The van der Waals surface area contributed by atoms with Crippen LogP contribution in [0.4, 0.5) is 0 Å². The van der Waals surface area contributed by atoms with Crippen molar-refractivity contribution in [1.82, 2.24) is 13.3 Å². The smallest absolute Gasteiger partial charge is 0.265 e. The molecular weight excluding hydrogens is 340 g/mol. The normalized spacial score (nSPS) is 32.5. The van der Waals surface area contributed by atoms with E-state index in [0.29, 0.717) is 23.5 Å². The van der Waals surface area contributed by atoms with Crippen molar-refractivity contribution in [1.29, 1.82) is 0 Å². The van der Waals surface area contributed by atoms with E-state index in [-0.39, 0.29) is 6.42 Å². The number of hydrogen-bond donors (Lipinski definition) is 1. The van der Waals surface area contributed by atoms with Crippen LogP contribution in [0.3, 0.4) is 0 Å². The van der Waals surface area contributed by atoms with E-state index in [4.69, 9.17) is 0 Å². The summed E-state index contributed by atoms with van der Waals surface area (Å²) >= 11 is 0. The first-order valence-electron chi connectivity index (χ1n) is 7.15. The second-order valence-electron chi connectivity index (χ2n) is 6.37. The van der Waals surface area contributed by atoms with E-state index in [9.17, 15) is 16.8 Å². The van der Waals surface area contributed by atoms with Crippen LogP contribution in [0.25, 0.3) is 0 Å². The molecule has 3 aliphatic rings. The van der Waals surface area contributed by atoms with Gasteiger partial charge in [-0.15, -0.1) is 4.40 Å². The Bertz CT molecular complexity index is 898. The summed E-state index contributed by atoms with van der Waals surface area (Å²) in [6, 6.07) is 0. The van der Waals surface area contributed by atoms with Crippen LogP contribution in [-0.2, 0) is 20.4 Å². The fraction of sp³-hybridized carbons (Fsp3) is 0.615. The molecule has 128 valence electrons. The van der Waals surface area contributed by atoms with E-state index in [1.165, 1.54) is 18.4 Å². The van der Waals surface area contributed by atoms with Gasteiger partial charge in [-0.2, -0.15) is 21.6 Å². The molecular formula is C13H20N4O4S2. The Kier molecular flexibility index (Phi) is 3.28. The van der Waals surface area contributed by atoms with Crippen LogP contribution in [0.2, 0.25) is 0 Å². The van der Waals surface area contributed by atoms with E-state index in [2.05, 4.69) is 9.12 Å². The lowest BCUT2D eigenvalue weighted by Gasteiger charge is -2.47. The molecule has 0 aromatic carbocycles. The average Bonchev–Trinajstić information content (AvgIpc) is 2.40. The van der Waals surface area contributed by atoms with Gasteiger partial charge in [0.2, 0.25) is 0 Å². The zero-order chi connectivity index (χ0) is 17.4. The zero-order valence-corrected chi connectivity index (χ0v) is 15.3. The van der Waals surface area contributed by atoms with Gasteiger partial charge in [0.1, 0.15) is 0 Å². The first kappa shape index (κ1) is 16.5. The van der Waals surface area contributed by atoms with Gasteiger partial charge < -0.3 is 0 Å². The lowest BCUT2D eigenvalue weighted by molar-refractivity contribution is 0.367. The third kappa shape index (κ3) is 2.23. The maximum Gasteiger partial charge on any atom is 0.344 e. The van der Waals surface area contributed by atoms with Crippen LogP contribution < -0.4 is 4.72 Å². The molecule has 0 aromatic rings. The summed E-state index contributed by atoms with van der Waals surface area (Å²) in [5.74, 6) is 0. The Morgan fingerprint density at radius 1 is 1.13 bits per heavy atom. The molecule has 0 aromatic heterocycles. The van der Waals surface area contributed by atoms with Crippen molar-refractivity contribution in [3.05, 3.63) is 22.5 Å². The van der Waals surface area contributed by atoms with Gasteiger partial charge in [0.25, 0.3) is 0 Å². The Morgan fingerprint density at radius 2 is 1.74 bits per heavy atom. The minimum atomic E-state index is -3.74. The van der Waals surface area contributed by atoms with Gasteiger partial charge in [0, 0.05) is 38.3 Å². The molecule has 1 aliphatic carbocycles. The summed E-state index contributed by atoms with van der Waals surface area (Å²) < 4.78 is 57.7. The number of hydrogen-bond acceptors (Lipinski definition) is 4. The van der Waals surface area contributed by atoms with Crippen LogP contribution in [0.5, 0.6) is 0 Å². The van der Waals surface area contributed by atoms with Crippen molar-refractivity contribution < 1.29 is 16.8 Å². The quantitative estimate of drug-likeness (QED) is 0.680. The standard InChI is InChI=1S/C13H20N4O4S2/c1-8-10-6-11-9(2)16(4)23(20,21)15-13(11,3)7-12(10)17(5)22(18,19)14-8/h15H,6-7H2,1-5H3.